The number of ketones is 2. The van der Waals surface area contributed by atoms with Crippen LogP contribution in [0.15, 0.2) is 54.6 Å². The Hall–Kier alpha value is -3.12. The number of benzene rings is 2. The Labute approximate surface area is 173 Å². The first-order chi connectivity index (χ1) is 14.6. The normalized spacial score (nSPS) is 30.9. The second-order valence-corrected chi connectivity index (χ2v) is 8.79. The molecule has 1 spiro atoms. The van der Waals surface area contributed by atoms with Crippen molar-refractivity contribution in [1.29, 1.82) is 0 Å². The molecule has 3 fully saturated rings. The van der Waals surface area contributed by atoms with Crippen molar-refractivity contribution in [2.45, 2.75) is 31.0 Å². The van der Waals surface area contributed by atoms with Gasteiger partial charge >= 0.3 is 0 Å². The van der Waals surface area contributed by atoms with E-state index in [-0.39, 0.29) is 36.0 Å². The van der Waals surface area contributed by atoms with E-state index in [2.05, 4.69) is 0 Å². The molecule has 2 aromatic rings. The fourth-order valence-corrected chi connectivity index (χ4v) is 6.47. The number of Topliss-reactive ketones (excluding diaryl/α,β-unsaturated/α-hetero) is 2. The van der Waals surface area contributed by atoms with E-state index in [4.69, 9.17) is 0 Å². The highest BCUT2D eigenvalue weighted by Gasteiger charge is 2.80. The number of carbonyl (C=O) groups is 4. The number of nitrogens with one attached hydrogen (secondary N) is 1. The summed E-state index contributed by atoms with van der Waals surface area (Å²) >= 11 is 0. The Morgan fingerprint density at radius 1 is 0.867 bits per heavy atom. The molecule has 6 heteroatoms. The molecule has 1 unspecified atom stereocenters. The molecule has 0 bridgehead atoms. The van der Waals surface area contributed by atoms with Crippen LogP contribution in [0.3, 0.4) is 0 Å². The van der Waals surface area contributed by atoms with Crippen molar-refractivity contribution in [3.05, 3.63) is 71.3 Å². The molecule has 2 aromatic carbocycles. The quantitative estimate of drug-likeness (QED) is 0.593. The Bertz CT molecular complexity index is 1090. The maximum Gasteiger partial charge on any atom is 0.241 e. The minimum absolute atomic E-state index is 0.158. The van der Waals surface area contributed by atoms with Gasteiger partial charge in [0.15, 0.2) is 0 Å². The lowest BCUT2D eigenvalue weighted by Gasteiger charge is -2.32. The second-order valence-electron chi connectivity index (χ2n) is 8.79. The van der Waals surface area contributed by atoms with Gasteiger partial charge in [0.25, 0.3) is 0 Å². The van der Waals surface area contributed by atoms with Gasteiger partial charge in [0.05, 0.1) is 13.1 Å². The summed E-state index contributed by atoms with van der Waals surface area (Å²) in [7, 11) is 0. The smallest absolute Gasteiger partial charge is 0.241 e. The molecule has 6 rings (SSSR count). The fourth-order valence-electron chi connectivity index (χ4n) is 6.47. The third kappa shape index (κ3) is 1.92. The van der Waals surface area contributed by atoms with Crippen molar-refractivity contribution in [2.75, 3.05) is 6.54 Å². The second kappa shape index (κ2) is 5.95. The van der Waals surface area contributed by atoms with E-state index in [9.17, 15) is 19.2 Å². The summed E-state index contributed by atoms with van der Waals surface area (Å²) in [5.74, 6) is -2.65. The molecule has 4 atom stereocenters. The zero-order valence-corrected chi connectivity index (χ0v) is 16.3. The minimum Gasteiger partial charge on any atom is -0.313 e. The summed E-state index contributed by atoms with van der Waals surface area (Å²) in [6.07, 6.45) is 1.61. The average Bonchev–Trinajstić information content (AvgIpc) is 3.46. The maximum absolute atomic E-state index is 13.7. The molecule has 150 valence electrons. The van der Waals surface area contributed by atoms with Crippen molar-refractivity contribution < 1.29 is 24.1 Å². The van der Waals surface area contributed by atoms with E-state index < -0.39 is 17.4 Å². The molecule has 1 aliphatic carbocycles. The van der Waals surface area contributed by atoms with E-state index in [1.807, 2.05) is 30.3 Å². The molecule has 0 saturated carbocycles. The third-order valence-electron chi connectivity index (χ3n) is 7.57. The van der Waals surface area contributed by atoms with Gasteiger partial charge in [-0.25, -0.2) is 0 Å². The van der Waals surface area contributed by atoms with Crippen LogP contribution < -0.4 is 4.90 Å². The highest BCUT2D eigenvalue weighted by atomic mass is 16.2. The lowest BCUT2D eigenvalue weighted by molar-refractivity contribution is -0.930. The van der Waals surface area contributed by atoms with Crippen molar-refractivity contribution in [3.8, 4) is 0 Å². The first kappa shape index (κ1) is 17.7. The van der Waals surface area contributed by atoms with Crippen LogP contribution >= 0.6 is 0 Å². The number of carbonyl (C=O) groups excluding carboxylic acids is 4. The van der Waals surface area contributed by atoms with Gasteiger partial charge in [-0.2, -0.15) is 0 Å². The summed E-state index contributed by atoms with van der Waals surface area (Å²) < 4.78 is 0. The summed E-state index contributed by atoms with van der Waals surface area (Å²) in [5, 5.41) is 0. The number of fused-ring (bicyclic) bond motifs is 6. The average molecular weight is 401 g/mol. The van der Waals surface area contributed by atoms with E-state index in [0.717, 1.165) is 23.3 Å². The monoisotopic (exact) mass is 401 g/mol. The van der Waals surface area contributed by atoms with E-state index in [1.165, 1.54) is 4.90 Å². The van der Waals surface area contributed by atoms with Crippen molar-refractivity contribution in [2.24, 2.45) is 11.8 Å². The zero-order chi connectivity index (χ0) is 20.6. The maximum atomic E-state index is 13.7. The first-order valence-electron chi connectivity index (χ1n) is 10.5. The lowest BCUT2D eigenvalue weighted by atomic mass is 9.76. The topological polar surface area (TPSA) is 76.0 Å². The molecule has 1 N–H and O–H groups in total. The molecule has 3 saturated heterocycles. The Balaban J connectivity index is 1.49. The van der Waals surface area contributed by atoms with Gasteiger partial charge in [0.1, 0.15) is 17.9 Å². The number of hydrogen-bond acceptors (Lipinski definition) is 4. The number of nitrogens with zero attached hydrogens (tertiary/aromatic N) is 1. The standard InChI is InChI=1S/C24H20N2O4/c27-20-15-9-4-5-10-16(15)21(28)24(20)19-18(17-11-6-12-26(17)24)22(29)25(23(19)30)13-14-7-2-1-3-8-14/h1-5,7-10,17-19H,6,11-13H2/p+1/t17-,18-,19+/m1/s1. The van der Waals surface area contributed by atoms with Crippen LogP contribution in [0.4, 0.5) is 0 Å². The molecule has 0 aromatic heterocycles. The van der Waals surface area contributed by atoms with Gasteiger partial charge in [0, 0.05) is 24.0 Å². The molecule has 4 aliphatic rings. The van der Waals surface area contributed by atoms with Gasteiger partial charge in [-0.1, -0.05) is 54.6 Å². The van der Waals surface area contributed by atoms with E-state index in [0.29, 0.717) is 17.7 Å². The summed E-state index contributed by atoms with van der Waals surface area (Å²) in [4.78, 5) is 56.6. The Morgan fingerprint density at radius 3 is 2.17 bits per heavy atom. The number of amides is 2. The zero-order valence-electron chi connectivity index (χ0n) is 16.3. The minimum atomic E-state index is -1.48. The Morgan fingerprint density at radius 2 is 1.50 bits per heavy atom. The van der Waals surface area contributed by atoms with Crippen LogP contribution in [0, 0.1) is 11.8 Å². The van der Waals surface area contributed by atoms with E-state index >= 15 is 0 Å². The lowest BCUT2D eigenvalue weighted by Crippen LogP contribution is -3.22. The highest BCUT2D eigenvalue weighted by molar-refractivity contribution is 6.34. The van der Waals surface area contributed by atoms with Crippen molar-refractivity contribution in [3.63, 3.8) is 0 Å². The highest BCUT2D eigenvalue weighted by Crippen LogP contribution is 2.48. The SMILES string of the molecule is O=C1[C@@H]2[C@H]3CCC[NH+]3C3(C(=O)c4ccccc4C3=O)[C@@H]2C(=O)N1Cc1ccccc1. The number of hydrogen-bond donors (Lipinski definition) is 1. The number of quaternary nitrogens is 1. The molecule has 2 amide bonds. The molecule has 6 nitrogen and oxygen atoms in total. The summed E-state index contributed by atoms with van der Waals surface area (Å²) in [5.41, 5.74) is 0.163. The van der Waals surface area contributed by atoms with Crippen LogP contribution in [-0.4, -0.2) is 46.4 Å². The molecule has 3 heterocycles. The van der Waals surface area contributed by atoms with Gasteiger partial charge < -0.3 is 4.90 Å². The van der Waals surface area contributed by atoms with Crippen molar-refractivity contribution in [1.82, 2.24) is 4.90 Å². The molecular weight excluding hydrogens is 380 g/mol. The van der Waals surface area contributed by atoms with Crippen molar-refractivity contribution >= 4 is 23.4 Å². The first-order valence-corrected chi connectivity index (χ1v) is 10.5. The van der Waals surface area contributed by atoms with Crippen LogP contribution in [0.1, 0.15) is 39.1 Å². The summed E-state index contributed by atoms with van der Waals surface area (Å²) in [6, 6.07) is 16.0. The van der Waals surface area contributed by atoms with Crippen LogP contribution in [0.25, 0.3) is 0 Å². The van der Waals surface area contributed by atoms with Crippen LogP contribution in [0.5, 0.6) is 0 Å². The van der Waals surface area contributed by atoms with Gasteiger partial charge in [-0.15, -0.1) is 0 Å². The predicted molar refractivity (Wildman–Crippen MR) is 106 cm³/mol. The third-order valence-corrected chi connectivity index (χ3v) is 7.57. The Kier molecular flexibility index (Phi) is 3.51. The predicted octanol–water partition coefficient (Wildman–Crippen LogP) is 0.667. The van der Waals surface area contributed by atoms with Gasteiger partial charge in [-0.3, -0.25) is 24.1 Å². The molecule has 3 aliphatic heterocycles. The molecular formula is C24H21N2O4+. The van der Waals surface area contributed by atoms with Crippen LogP contribution in [0.2, 0.25) is 0 Å². The van der Waals surface area contributed by atoms with Gasteiger partial charge in [0.2, 0.25) is 28.9 Å². The number of imide groups is 1. The number of rotatable bonds is 2. The van der Waals surface area contributed by atoms with Crippen LogP contribution in [-0.2, 0) is 16.1 Å². The van der Waals surface area contributed by atoms with E-state index in [1.54, 1.807) is 24.3 Å². The number of likely N-dealkylation sites (tertiary alicyclic amines) is 1. The summed E-state index contributed by atoms with van der Waals surface area (Å²) in [6.45, 7) is 0.821. The fraction of sp³-hybridized carbons (Fsp3) is 0.333. The van der Waals surface area contributed by atoms with Gasteiger partial charge in [-0.05, 0) is 5.56 Å². The molecule has 30 heavy (non-hydrogen) atoms. The molecule has 0 radical (unpaired) electrons. The largest absolute Gasteiger partial charge is 0.313 e.